The number of aryl methyl sites for hydroxylation is 3. The van der Waals surface area contributed by atoms with E-state index in [1.807, 2.05) is 55.5 Å². The van der Waals surface area contributed by atoms with Crippen molar-refractivity contribution in [1.82, 2.24) is 4.31 Å². The molecule has 0 radical (unpaired) electrons. The van der Waals surface area contributed by atoms with Crippen LogP contribution in [0.4, 0.5) is 0 Å². The third-order valence-corrected chi connectivity index (χ3v) is 10.1. The predicted molar refractivity (Wildman–Crippen MR) is 141 cm³/mol. The van der Waals surface area contributed by atoms with Crippen LogP contribution in [0, 0.1) is 19.8 Å². The van der Waals surface area contributed by atoms with Crippen molar-refractivity contribution < 1.29 is 18.3 Å². The number of hydrogen-bond acceptors (Lipinski definition) is 4. The SMILES string of the molecule is Cc1ccc([C@@H]2C[C@@H](SCCc3ccccc3)[C@H](C(=O)O)CN2S(=O)(=O)c2ccccc2C)cc1. The van der Waals surface area contributed by atoms with Gasteiger partial charge in [0, 0.05) is 11.8 Å². The van der Waals surface area contributed by atoms with Gasteiger partial charge in [-0.05, 0) is 55.2 Å². The summed E-state index contributed by atoms with van der Waals surface area (Å²) in [5, 5.41) is 9.90. The van der Waals surface area contributed by atoms with Gasteiger partial charge >= 0.3 is 5.97 Å². The minimum absolute atomic E-state index is 0.0481. The second-order valence-corrected chi connectivity index (χ2v) is 12.3. The molecule has 0 unspecified atom stereocenters. The summed E-state index contributed by atoms with van der Waals surface area (Å²) in [6, 6.07) is 24.5. The van der Waals surface area contributed by atoms with Gasteiger partial charge in [-0.25, -0.2) is 8.42 Å². The van der Waals surface area contributed by atoms with E-state index >= 15 is 0 Å². The Labute approximate surface area is 212 Å². The number of nitrogens with zero attached hydrogens (tertiary/aromatic N) is 1. The summed E-state index contributed by atoms with van der Waals surface area (Å²) in [5.74, 6) is -0.949. The Kier molecular flexibility index (Phi) is 7.99. The van der Waals surface area contributed by atoms with Crippen molar-refractivity contribution in [2.75, 3.05) is 12.3 Å². The Bertz CT molecular complexity index is 1260. The Morgan fingerprint density at radius 2 is 1.63 bits per heavy atom. The van der Waals surface area contributed by atoms with Crippen LogP contribution >= 0.6 is 11.8 Å². The molecular weight excluding hydrogens is 478 g/mol. The third-order valence-electron chi connectivity index (χ3n) is 6.65. The first-order chi connectivity index (χ1) is 16.8. The van der Waals surface area contributed by atoms with Crippen molar-refractivity contribution in [3.05, 3.63) is 101 Å². The molecule has 1 N–H and O–H groups in total. The van der Waals surface area contributed by atoms with Crippen LogP contribution in [0.2, 0.25) is 0 Å². The lowest BCUT2D eigenvalue weighted by Crippen LogP contribution is -2.49. The summed E-state index contributed by atoms with van der Waals surface area (Å²) < 4.78 is 29.1. The lowest BCUT2D eigenvalue weighted by atomic mass is 9.90. The summed E-state index contributed by atoms with van der Waals surface area (Å²) in [5.41, 5.74) is 3.85. The number of piperidine rings is 1. The average molecular weight is 510 g/mol. The molecule has 0 saturated carbocycles. The highest BCUT2D eigenvalue weighted by molar-refractivity contribution is 7.99. The van der Waals surface area contributed by atoms with Crippen molar-refractivity contribution in [2.45, 2.75) is 42.9 Å². The summed E-state index contributed by atoms with van der Waals surface area (Å²) in [6.07, 6.45) is 1.29. The molecular formula is C28H31NO4S2. The maximum absolute atomic E-state index is 13.9. The van der Waals surface area contributed by atoms with Gasteiger partial charge in [0.25, 0.3) is 0 Å². The van der Waals surface area contributed by atoms with Gasteiger partial charge < -0.3 is 5.11 Å². The molecule has 3 atom stereocenters. The van der Waals surface area contributed by atoms with Crippen LogP contribution in [0.25, 0.3) is 0 Å². The van der Waals surface area contributed by atoms with Gasteiger partial charge in [0.2, 0.25) is 10.0 Å². The van der Waals surface area contributed by atoms with E-state index in [4.69, 9.17) is 0 Å². The molecule has 1 fully saturated rings. The molecule has 3 aromatic rings. The maximum atomic E-state index is 13.9. The number of carboxylic acid groups (broad SMARTS) is 1. The lowest BCUT2D eigenvalue weighted by molar-refractivity contribution is -0.143. The van der Waals surface area contributed by atoms with Gasteiger partial charge in [0.1, 0.15) is 0 Å². The highest BCUT2D eigenvalue weighted by Gasteiger charge is 2.45. The number of benzene rings is 3. The number of aliphatic carboxylic acids is 1. The molecule has 1 aliphatic rings. The van der Waals surface area contributed by atoms with Gasteiger partial charge in [-0.2, -0.15) is 16.1 Å². The van der Waals surface area contributed by atoms with Crippen LogP contribution in [0.1, 0.15) is 34.7 Å². The molecule has 0 amide bonds. The number of carbonyl (C=O) groups is 1. The van der Waals surface area contributed by atoms with E-state index in [0.29, 0.717) is 12.0 Å². The normalized spacial score (nSPS) is 21.0. The minimum Gasteiger partial charge on any atom is -0.481 e. The highest BCUT2D eigenvalue weighted by atomic mass is 32.2. The first-order valence-electron chi connectivity index (χ1n) is 11.8. The van der Waals surface area contributed by atoms with Crippen LogP contribution in [0.15, 0.2) is 83.8 Å². The summed E-state index contributed by atoms with van der Waals surface area (Å²) >= 11 is 1.64. The summed E-state index contributed by atoms with van der Waals surface area (Å²) in [4.78, 5) is 12.6. The molecule has 4 rings (SSSR count). The van der Waals surface area contributed by atoms with Crippen molar-refractivity contribution in [3.8, 4) is 0 Å². The zero-order valence-electron chi connectivity index (χ0n) is 20.0. The highest BCUT2D eigenvalue weighted by Crippen LogP contribution is 2.42. The molecule has 0 spiro atoms. The molecule has 35 heavy (non-hydrogen) atoms. The van der Waals surface area contributed by atoms with Gasteiger partial charge in [-0.15, -0.1) is 0 Å². The fraction of sp³-hybridized carbons (Fsp3) is 0.321. The van der Waals surface area contributed by atoms with Crippen LogP contribution in [-0.2, 0) is 21.2 Å². The van der Waals surface area contributed by atoms with E-state index in [-0.39, 0.29) is 16.7 Å². The number of hydrogen-bond donors (Lipinski definition) is 1. The molecule has 0 bridgehead atoms. The zero-order chi connectivity index (χ0) is 25.0. The molecule has 5 nitrogen and oxygen atoms in total. The topological polar surface area (TPSA) is 74.7 Å². The van der Waals surface area contributed by atoms with E-state index in [1.54, 1.807) is 36.9 Å². The molecule has 0 aliphatic carbocycles. The molecule has 3 aromatic carbocycles. The molecule has 1 saturated heterocycles. The largest absolute Gasteiger partial charge is 0.481 e. The fourth-order valence-electron chi connectivity index (χ4n) is 4.66. The second kappa shape index (κ2) is 11.0. The molecule has 1 heterocycles. The Morgan fingerprint density at radius 3 is 2.29 bits per heavy atom. The first-order valence-corrected chi connectivity index (χ1v) is 14.3. The van der Waals surface area contributed by atoms with Crippen LogP contribution in [0.5, 0.6) is 0 Å². The van der Waals surface area contributed by atoms with E-state index in [1.165, 1.54) is 9.87 Å². The quantitative estimate of drug-likeness (QED) is 0.435. The smallest absolute Gasteiger partial charge is 0.308 e. The number of carboxylic acids is 1. The van der Waals surface area contributed by atoms with Gasteiger partial charge in [-0.3, -0.25) is 4.79 Å². The van der Waals surface area contributed by atoms with E-state index in [2.05, 4.69) is 12.1 Å². The number of thioether (sulfide) groups is 1. The molecule has 0 aromatic heterocycles. The van der Waals surface area contributed by atoms with Crippen molar-refractivity contribution in [2.24, 2.45) is 5.92 Å². The predicted octanol–water partition coefficient (Wildman–Crippen LogP) is 5.48. The van der Waals surface area contributed by atoms with Gasteiger partial charge in [0.15, 0.2) is 0 Å². The van der Waals surface area contributed by atoms with Crippen LogP contribution < -0.4 is 0 Å². The van der Waals surface area contributed by atoms with Gasteiger partial charge in [-0.1, -0.05) is 78.4 Å². The maximum Gasteiger partial charge on any atom is 0.308 e. The second-order valence-electron chi connectivity index (χ2n) is 9.09. The van der Waals surface area contributed by atoms with Crippen molar-refractivity contribution in [1.29, 1.82) is 0 Å². The van der Waals surface area contributed by atoms with E-state index < -0.39 is 28.0 Å². The standard InChI is InChI=1S/C28H31NO4S2/c1-20-12-14-23(15-13-20)25-18-26(34-17-16-22-9-4-3-5-10-22)24(28(30)31)19-29(25)35(32,33)27-11-7-6-8-21(27)2/h3-15,24-26H,16-19H2,1-2H3,(H,30,31)/t24-,25+,26-/m1/s1. The Hall–Kier alpha value is -2.61. The van der Waals surface area contributed by atoms with Crippen LogP contribution in [0.3, 0.4) is 0 Å². The van der Waals surface area contributed by atoms with Gasteiger partial charge in [0.05, 0.1) is 16.9 Å². The zero-order valence-corrected chi connectivity index (χ0v) is 21.6. The monoisotopic (exact) mass is 509 g/mol. The number of sulfonamides is 1. The summed E-state index contributed by atoms with van der Waals surface area (Å²) in [7, 11) is -3.89. The minimum atomic E-state index is -3.89. The Morgan fingerprint density at radius 1 is 0.971 bits per heavy atom. The third kappa shape index (κ3) is 5.80. The number of rotatable bonds is 8. The first kappa shape index (κ1) is 25.5. The van der Waals surface area contributed by atoms with Crippen molar-refractivity contribution >= 4 is 27.8 Å². The fourth-order valence-corrected chi connectivity index (χ4v) is 7.95. The Balaban J connectivity index is 1.66. The van der Waals surface area contributed by atoms with Crippen molar-refractivity contribution in [3.63, 3.8) is 0 Å². The summed E-state index contributed by atoms with van der Waals surface area (Å²) in [6.45, 7) is 3.72. The van der Waals surface area contributed by atoms with Crippen LogP contribution in [-0.4, -0.2) is 41.3 Å². The lowest BCUT2D eigenvalue weighted by Gasteiger charge is -2.42. The molecule has 184 valence electrons. The molecule has 7 heteroatoms. The molecule has 1 aliphatic heterocycles. The van der Waals surface area contributed by atoms with E-state index in [9.17, 15) is 18.3 Å². The average Bonchev–Trinajstić information content (AvgIpc) is 2.85. The van der Waals surface area contributed by atoms with E-state index in [0.717, 1.165) is 23.3 Å².